The van der Waals surface area contributed by atoms with E-state index in [1.54, 1.807) is 18.7 Å². The summed E-state index contributed by atoms with van der Waals surface area (Å²) >= 11 is 0. The minimum absolute atomic E-state index is 0.0652. The highest BCUT2D eigenvalue weighted by Gasteiger charge is 2.50. The van der Waals surface area contributed by atoms with E-state index in [1.165, 1.54) is 6.42 Å². The number of hydrogen-bond donors (Lipinski definition) is 3. The third kappa shape index (κ3) is 6.86. The Labute approximate surface area is 239 Å². The predicted molar refractivity (Wildman–Crippen MR) is 155 cm³/mol. The molecule has 224 valence electrons. The molecule has 4 atom stereocenters. The SMILES string of the molecule is C=C1CN(C(=O)[C@@H](NC(=O)C[C@@]2(C)N=C(OCC)[C@H](C(C)C)NC2=O)C(C)C)[C@@](C)(C(=O)NC2CCCCC2)C1. The number of carbonyl (C=O) groups is 4. The molecule has 2 heterocycles. The summed E-state index contributed by atoms with van der Waals surface area (Å²) in [7, 11) is 0. The van der Waals surface area contributed by atoms with Gasteiger partial charge >= 0.3 is 0 Å². The molecule has 0 aromatic rings. The van der Waals surface area contributed by atoms with Crippen LogP contribution in [0.1, 0.15) is 93.4 Å². The van der Waals surface area contributed by atoms with Crippen LogP contribution in [-0.4, -0.2) is 76.8 Å². The van der Waals surface area contributed by atoms with Crippen molar-refractivity contribution in [1.82, 2.24) is 20.9 Å². The number of nitrogens with one attached hydrogen (secondary N) is 3. The number of likely N-dealkylation sites (tertiary alicyclic amines) is 1. The first-order valence-corrected chi connectivity index (χ1v) is 14.8. The van der Waals surface area contributed by atoms with Crippen molar-refractivity contribution in [2.45, 2.75) is 123 Å². The fourth-order valence-electron chi connectivity index (χ4n) is 5.93. The molecule has 0 aromatic carbocycles. The summed E-state index contributed by atoms with van der Waals surface area (Å²) in [6.07, 6.45) is 5.37. The molecule has 0 aromatic heterocycles. The molecule has 4 amide bonds. The Kier molecular flexibility index (Phi) is 10.1. The number of rotatable bonds is 9. The second kappa shape index (κ2) is 12.7. The van der Waals surface area contributed by atoms with Crippen molar-refractivity contribution >= 4 is 29.5 Å². The van der Waals surface area contributed by atoms with Gasteiger partial charge < -0.3 is 25.6 Å². The highest BCUT2D eigenvalue weighted by Crippen LogP contribution is 2.34. The summed E-state index contributed by atoms with van der Waals surface area (Å²) < 4.78 is 5.71. The van der Waals surface area contributed by atoms with E-state index in [1.807, 2.05) is 34.6 Å². The summed E-state index contributed by atoms with van der Waals surface area (Å²) in [5.74, 6) is -1.13. The van der Waals surface area contributed by atoms with Crippen LogP contribution < -0.4 is 16.0 Å². The van der Waals surface area contributed by atoms with E-state index < -0.39 is 23.0 Å². The number of ether oxygens (including phenoxy) is 1. The second-order valence-electron chi connectivity index (χ2n) is 12.8. The van der Waals surface area contributed by atoms with Crippen LogP contribution in [0.5, 0.6) is 0 Å². The molecule has 3 rings (SSSR count). The van der Waals surface area contributed by atoms with Crippen LogP contribution in [0.25, 0.3) is 0 Å². The molecular formula is C30H49N5O5. The fraction of sp³-hybridized carbons (Fsp3) is 0.767. The van der Waals surface area contributed by atoms with E-state index in [9.17, 15) is 19.2 Å². The number of hydrogen-bond acceptors (Lipinski definition) is 6. The van der Waals surface area contributed by atoms with Crippen molar-refractivity contribution < 1.29 is 23.9 Å². The monoisotopic (exact) mass is 559 g/mol. The zero-order chi connectivity index (χ0) is 29.8. The Hall–Kier alpha value is -2.91. The third-order valence-electron chi connectivity index (χ3n) is 8.38. The molecule has 3 N–H and O–H groups in total. The van der Waals surface area contributed by atoms with Gasteiger partial charge in [0, 0.05) is 19.0 Å². The van der Waals surface area contributed by atoms with Crippen LogP contribution in [0.3, 0.4) is 0 Å². The van der Waals surface area contributed by atoms with Gasteiger partial charge in [-0.2, -0.15) is 0 Å². The Morgan fingerprint density at radius 2 is 1.80 bits per heavy atom. The smallest absolute Gasteiger partial charge is 0.248 e. The van der Waals surface area contributed by atoms with Gasteiger partial charge in [0.1, 0.15) is 23.2 Å². The van der Waals surface area contributed by atoms with E-state index in [0.29, 0.717) is 18.9 Å². The minimum Gasteiger partial charge on any atom is -0.480 e. The van der Waals surface area contributed by atoms with Crippen LogP contribution in [0.15, 0.2) is 17.1 Å². The van der Waals surface area contributed by atoms with Crippen LogP contribution in [-0.2, 0) is 23.9 Å². The zero-order valence-electron chi connectivity index (χ0n) is 25.4. The van der Waals surface area contributed by atoms with Crippen LogP contribution >= 0.6 is 0 Å². The number of nitrogens with zero attached hydrogens (tertiary/aromatic N) is 2. The van der Waals surface area contributed by atoms with Gasteiger partial charge in [-0.15, -0.1) is 0 Å². The topological polar surface area (TPSA) is 129 Å². The van der Waals surface area contributed by atoms with Crippen molar-refractivity contribution in [3.8, 4) is 0 Å². The maximum Gasteiger partial charge on any atom is 0.248 e. The second-order valence-corrected chi connectivity index (χ2v) is 12.8. The maximum atomic E-state index is 13.9. The first kappa shape index (κ1) is 31.6. The minimum atomic E-state index is -1.37. The molecule has 10 nitrogen and oxygen atoms in total. The molecule has 0 unspecified atom stereocenters. The highest BCUT2D eigenvalue weighted by atomic mass is 16.5. The van der Waals surface area contributed by atoms with E-state index in [0.717, 1.165) is 31.3 Å². The van der Waals surface area contributed by atoms with Gasteiger partial charge in [0.15, 0.2) is 0 Å². The average Bonchev–Trinajstić information content (AvgIpc) is 3.19. The van der Waals surface area contributed by atoms with Gasteiger partial charge in [-0.25, -0.2) is 4.99 Å². The van der Waals surface area contributed by atoms with E-state index in [2.05, 4.69) is 27.5 Å². The molecule has 0 spiro atoms. The molecule has 3 aliphatic rings. The standard InChI is InChI=1S/C30H49N5O5/c1-9-40-25-23(18(2)3)33-27(38)29(7,34-25)16-22(36)32-24(19(4)5)26(37)35-17-20(6)15-30(35,8)28(39)31-21-13-11-10-12-14-21/h18-19,21,23-24H,6,9-17H2,1-5,7-8H3,(H,31,39)(H,32,36)(H,33,38)/t23-,24-,29+,30+/m0/s1. The number of aliphatic imine (C=N–C) groups is 1. The Morgan fingerprint density at radius 3 is 2.38 bits per heavy atom. The van der Waals surface area contributed by atoms with Gasteiger partial charge in [-0.1, -0.05) is 59.1 Å². The van der Waals surface area contributed by atoms with Crippen molar-refractivity contribution in [2.24, 2.45) is 16.8 Å². The Morgan fingerprint density at radius 1 is 1.15 bits per heavy atom. The summed E-state index contributed by atoms with van der Waals surface area (Å²) in [5.41, 5.74) is -1.66. The van der Waals surface area contributed by atoms with Crippen LogP contribution in [0.4, 0.5) is 0 Å². The molecule has 0 bridgehead atoms. The molecule has 10 heteroatoms. The molecule has 1 saturated carbocycles. The lowest BCUT2D eigenvalue weighted by Gasteiger charge is -2.38. The van der Waals surface area contributed by atoms with Gasteiger partial charge in [0.05, 0.1) is 13.0 Å². The lowest BCUT2D eigenvalue weighted by Crippen LogP contribution is -2.62. The summed E-state index contributed by atoms with van der Waals surface area (Å²) in [6.45, 7) is 17.6. The van der Waals surface area contributed by atoms with Gasteiger partial charge in [-0.05, 0) is 45.4 Å². The molecule has 1 saturated heterocycles. The molecule has 40 heavy (non-hydrogen) atoms. The Balaban J connectivity index is 1.77. The molecular weight excluding hydrogens is 510 g/mol. The van der Waals surface area contributed by atoms with Crippen LogP contribution in [0.2, 0.25) is 0 Å². The molecule has 0 radical (unpaired) electrons. The first-order chi connectivity index (χ1) is 18.7. The third-order valence-corrected chi connectivity index (χ3v) is 8.38. The summed E-state index contributed by atoms with van der Waals surface area (Å²) in [6, 6.07) is -1.13. The quantitative estimate of drug-likeness (QED) is 0.374. The van der Waals surface area contributed by atoms with Crippen molar-refractivity contribution in [3.05, 3.63) is 12.2 Å². The van der Waals surface area contributed by atoms with Crippen LogP contribution in [0, 0.1) is 11.8 Å². The van der Waals surface area contributed by atoms with Crippen molar-refractivity contribution in [3.63, 3.8) is 0 Å². The molecule has 1 aliphatic carbocycles. The fourth-order valence-corrected chi connectivity index (χ4v) is 5.93. The summed E-state index contributed by atoms with van der Waals surface area (Å²) in [4.78, 5) is 60.0. The predicted octanol–water partition coefficient (Wildman–Crippen LogP) is 2.86. The van der Waals surface area contributed by atoms with E-state index in [4.69, 9.17) is 4.74 Å². The largest absolute Gasteiger partial charge is 0.480 e. The molecule has 2 aliphatic heterocycles. The van der Waals surface area contributed by atoms with E-state index in [-0.39, 0.29) is 54.6 Å². The summed E-state index contributed by atoms with van der Waals surface area (Å²) in [5, 5.41) is 8.98. The van der Waals surface area contributed by atoms with Crippen molar-refractivity contribution in [1.29, 1.82) is 0 Å². The average molecular weight is 560 g/mol. The van der Waals surface area contributed by atoms with Gasteiger partial charge in [0.25, 0.3) is 0 Å². The number of amides is 4. The Bertz CT molecular complexity index is 1030. The number of carbonyl (C=O) groups excluding carboxylic acids is 4. The highest BCUT2D eigenvalue weighted by molar-refractivity contribution is 6.01. The lowest BCUT2D eigenvalue weighted by molar-refractivity contribution is -0.148. The van der Waals surface area contributed by atoms with Gasteiger partial charge in [0.2, 0.25) is 29.5 Å². The maximum absolute atomic E-state index is 13.9. The molecule has 2 fully saturated rings. The zero-order valence-corrected chi connectivity index (χ0v) is 25.4. The normalized spacial score (nSPS) is 28.3. The first-order valence-electron chi connectivity index (χ1n) is 14.8. The lowest BCUT2D eigenvalue weighted by atomic mass is 9.90. The van der Waals surface area contributed by atoms with Crippen molar-refractivity contribution in [2.75, 3.05) is 13.2 Å². The van der Waals surface area contributed by atoms with Gasteiger partial charge in [-0.3, -0.25) is 19.2 Å². The van der Waals surface area contributed by atoms with E-state index >= 15 is 0 Å².